The van der Waals surface area contributed by atoms with Crippen LogP contribution in [-0.2, 0) is 0 Å². The number of hydrogen-bond donors (Lipinski definition) is 1. The van der Waals surface area contributed by atoms with E-state index in [2.05, 4.69) is 14.7 Å². The molecule has 0 aromatic carbocycles. The lowest BCUT2D eigenvalue weighted by atomic mass is 10.4. The summed E-state index contributed by atoms with van der Waals surface area (Å²) in [6, 6.07) is 2.99. The fourth-order valence-corrected chi connectivity index (χ4v) is 1.66. The number of amides is 1. The Labute approximate surface area is 94.2 Å². The number of hydrogen-bond acceptors (Lipinski definition) is 5. The highest BCUT2D eigenvalue weighted by molar-refractivity contribution is 7.09. The zero-order valence-corrected chi connectivity index (χ0v) is 9.22. The van der Waals surface area contributed by atoms with Gasteiger partial charge in [0.25, 0.3) is 5.91 Å². The molecule has 1 amide bonds. The van der Waals surface area contributed by atoms with Crippen LogP contribution in [0.3, 0.4) is 0 Å². The summed E-state index contributed by atoms with van der Waals surface area (Å²) in [6.45, 7) is 1.75. The van der Waals surface area contributed by atoms with Gasteiger partial charge < -0.3 is 4.42 Å². The van der Waals surface area contributed by atoms with Crippen molar-refractivity contribution in [2.24, 2.45) is 0 Å². The van der Waals surface area contributed by atoms with E-state index in [0.29, 0.717) is 11.0 Å². The van der Waals surface area contributed by atoms with Gasteiger partial charge in [0, 0.05) is 11.5 Å². The van der Waals surface area contributed by atoms with E-state index in [0.717, 1.165) is 11.5 Å². The molecule has 0 radical (unpaired) electrons. The molecular formula is C8H6ClN3O2S. The van der Waals surface area contributed by atoms with Crippen LogP contribution in [0.5, 0.6) is 0 Å². The first-order chi connectivity index (χ1) is 7.15. The number of aryl methyl sites for hydroxylation is 1. The van der Waals surface area contributed by atoms with Gasteiger partial charge in [-0.3, -0.25) is 10.1 Å². The first-order valence-electron chi connectivity index (χ1n) is 4.02. The van der Waals surface area contributed by atoms with Crippen LogP contribution in [0, 0.1) is 6.92 Å². The topological polar surface area (TPSA) is 68.0 Å². The highest BCUT2D eigenvalue weighted by atomic mass is 35.5. The van der Waals surface area contributed by atoms with Crippen molar-refractivity contribution in [1.29, 1.82) is 0 Å². The zero-order chi connectivity index (χ0) is 10.8. The monoisotopic (exact) mass is 243 g/mol. The Kier molecular flexibility index (Phi) is 2.70. The molecule has 2 aromatic rings. The molecule has 0 aliphatic rings. The molecule has 2 heterocycles. The van der Waals surface area contributed by atoms with Crippen molar-refractivity contribution in [3.05, 3.63) is 28.9 Å². The molecule has 0 bridgehead atoms. The van der Waals surface area contributed by atoms with E-state index < -0.39 is 5.91 Å². The predicted octanol–water partition coefficient (Wildman–Crippen LogP) is 2.35. The van der Waals surface area contributed by atoms with Gasteiger partial charge in [0.05, 0.1) is 0 Å². The van der Waals surface area contributed by atoms with Gasteiger partial charge in [-0.05, 0) is 30.7 Å². The molecule has 0 fully saturated rings. The lowest BCUT2D eigenvalue weighted by Gasteiger charge is -1.95. The first kappa shape index (κ1) is 10.1. The van der Waals surface area contributed by atoms with Crippen LogP contribution in [0.2, 0.25) is 5.22 Å². The van der Waals surface area contributed by atoms with Gasteiger partial charge in [-0.15, -0.1) is 0 Å². The lowest BCUT2D eigenvalue weighted by Crippen LogP contribution is -2.10. The SMILES string of the molecule is Cc1nsc(NC(=O)c2ccc(Cl)o2)n1. The van der Waals surface area contributed by atoms with Gasteiger partial charge >= 0.3 is 0 Å². The molecule has 0 atom stereocenters. The van der Waals surface area contributed by atoms with Crippen LogP contribution < -0.4 is 5.32 Å². The number of nitrogens with zero attached hydrogens (tertiary/aromatic N) is 2. The van der Waals surface area contributed by atoms with E-state index in [4.69, 9.17) is 16.0 Å². The molecule has 7 heteroatoms. The number of aromatic nitrogens is 2. The minimum atomic E-state index is -0.391. The Morgan fingerprint density at radius 3 is 2.93 bits per heavy atom. The van der Waals surface area contributed by atoms with Gasteiger partial charge in [-0.1, -0.05) is 0 Å². The van der Waals surface area contributed by atoms with Crippen molar-refractivity contribution in [3.63, 3.8) is 0 Å². The third-order valence-electron chi connectivity index (χ3n) is 1.55. The molecule has 0 aliphatic carbocycles. The van der Waals surface area contributed by atoms with Crippen LogP contribution in [-0.4, -0.2) is 15.3 Å². The predicted molar refractivity (Wildman–Crippen MR) is 56.3 cm³/mol. The maximum atomic E-state index is 11.5. The fourth-order valence-electron chi connectivity index (χ4n) is 0.943. The number of nitrogens with one attached hydrogen (secondary N) is 1. The normalized spacial score (nSPS) is 10.3. The van der Waals surface area contributed by atoms with Crippen molar-refractivity contribution in [3.8, 4) is 0 Å². The second-order valence-corrected chi connectivity index (χ2v) is 3.83. The molecule has 2 aromatic heterocycles. The largest absolute Gasteiger partial charge is 0.440 e. The first-order valence-corrected chi connectivity index (χ1v) is 5.17. The lowest BCUT2D eigenvalue weighted by molar-refractivity contribution is 0.0997. The Morgan fingerprint density at radius 1 is 1.60 bits per heavy atom. The smallest absolute Gasteiger partial charge is 0.293 e. The number of anilines is 1. The van der Waals surface area contributed by atoms with Crippen LogP contribution in [0.15, 0.2) is 16.5 Å². The number of carbonyl (C=O) groups is 1. The maximum Gasteiger partial charge on any atom is 0.293 e. The molecule has 2 rings (SSSR count). The highest BCUT2D eigenvalue weighted by Gasteiger charge is 2.12. The molecule has 78 valence electrons. The van der Waals surface area contributed by atoms with Crippen molar-refractivity contribution >= 4 is 34.2 Å². The quantitative estimate of drug-likeness (QED) is 0.879. The van der Waals surface area contributed by atoms with E-state index in [-0.39, 0.29) is 11.0 Å². The number of rotatable bonds is 2. The summed E-state index contributed by atoms with van der Waals surface area (Å²) in [4.78, 5) is 15.5. The Hall–Kier alpha value is -1.40. The molecule has 0 spiro atoms. The number of furan rings is 1. The van der Waals surface area contributed by atoms with Crippen molar-refractivity contribution < 1.29 is 9.21 Å². The molecule has 0 saturated carbocycles. The summed E-state index contributed by atoms with van der Waals surface area (Å²) >= 11 is 6.65. The summed E-state index contributed by atoms with van der Waals surface area (Å²) in [5.74, 6) is 0.374. The van der Waals surface area contributed by atoms with Crippen molar-refractivity contribution in [1.82, 2.24) is 9.36 Å². The fraction of sp³-hybridized carbons (Fsp3) is 0.125. The minimum Gasteiger partial charge on any atom is -0.440 e. The Bertz CT molecular complexity index is 494. The van der Waals surface area contributed by atoms with Crippen LogP contribution in [0.1, 0.15) is 16.4 Å². The molecule has 15 heavy (non-hydrogen) atoms. The second-order valence-electron chi connectivity index (χ2n) is 2.70. The zero-order valence-electron chi connectivity index (χ0n) is 7.65. The van der Waals surface area contributed by atoms with Gasteiger partial charge in [0.2, 0.25) is 5.13 Å². The Morgan fingerprint density at radius 2 is 2.40 bits per heavy atom. The van der Waals surface area contributed by atoms with E-state index >= 15 is 0 Å². The van der Waals surface area contributed by atoms with E-state index in [9.17, 15) is 4.79 Å². The standard InChI is InChI=1S/C8H6ClN3O2S/c1-4-10-8(15-12-4)11-7(13)5-2-3-6(9)14-5/h2-3H,1H3,(H,10,11,12,13). The summed E-state index contributed by atoms with van der Waals surface area (Å²) in [6.07, 6.45) is 0. The van der Waals surface area contributed by atoms with Gasteiger partial charge in [-0.2, -0.15) is 4.37 Å². The van der Waals surface area contributed by atoms with Gasteiger partial charge in [0.15, 0.2) is 11.0 Å². The van der Waals surface area contributed by atoms with E-state index in [1.54, 1.807) is 6.92 Å². The minimum absolute atomic E-state index is 0.146. The van der Waals surface area contributed by atoms with Gasteiger partial charge in [-0.25, -0.2) is 4.98 Å². The van der Waals surface area contributed by atoms with E-state index in [1.165, 1.54) is 12.1 Å². The molecule has 1 N–H and O–H groups in total. The summed E-state index contributed by atoms with van der Waals surface area (Å²) in [7, 11) is 0. The van der Waals surface area contributed by atoms with Crippen molar-refractivity contribution in [2.45, 2.75) is 6.92 Å². The third kappa shape index (κ3) is 2.34. The Balaban J connectivity index is 2.10. The van der Waals surface area contributed by atoms with Crippen LogP contribution in [0.25, 0.3) is 0 Å². The average molecular weight is 244 g/mol. The number of carbonyl (C=O) groups excluding carboxylic acids is 1. The molecule has 0 aliphatic heterocycles. The summed E-state index contributed by atoms with van der Waals surface area (Å²) in [5, 5.41) is 3.16. The third-order valence-corrected chi connectivity index (χ3v) is 2.47. The summed E-state index contributed by atoms with van der Waals surface area (Å²) < 4.78 is 8.86. The highest BCUT2D eigenvalue weighted by Crippen LogP contribution is 2.16. The summed E-state index contributed by atoms with van der Waals surface area (Å²) in [5.41, 5.74) is 0. The molecular weight excluding hydrogens is 238 g/mol. The number of halogens is 1. The molecule has 5 nitrogen and oxygen atoms in total. The molecule has 0 saturated heterocycles. The molecule has 0 unspecified atom stereocenters. The van der Waals surface area contributed by atoms with E-state index in [1.807, 2.05) is 0 Å². The maximum absolute atomic E-state index is 11.5. The van der Waals surface area contributed by atoms with Gasteiger partial charge in [0.1, 0.15) is 5.82 Å². The van der Waals surface area contributed by atoms with Crippen molar-refractivity contribution in [2.75, 3.05) is 5.32 Å². The average Bonchev–Trinajstić information content (AvgIpc) is 2.75. The van der Waals surface area contributed by atoms with Crippen LogP contribution >= 0.6 is 23.1 Å². The van der Waals surface area contributed by atoms with Crippen LogP contribution in [0.4, 0.5) is 5.13 Å². The second kappa shape index (κ2) is 4.00.